The van der Waals surface area contributed by atoms with Crippen LogP contribution in [0.2, 0.25) is 0 Å². The van der Waals surface area contributed by atoms with Crippen LogP contribution in [-0.4, -0.2) is 25.4 Å². The van der Waals surface area contributed by atoms with Gasteiger partial charge in [0.05, 0.1) is 10.6 Å². The minimum atomic E-state index is -3.86. The average Bonchev–Trinajstić information content (AvgIpc) is 3.07. The fourth-order valence-corrected chi connectivity index (χ4v) is 4.50. The van der Waals surface area contributed by atoms with E-state index in [0.29, 0.717) is 5.13 Å². The minimum absolute atomic E-state index is 0.119. The van der Waals surface area contributed by atoms with Gasteiger partial charge in [0.15, 0.2) is 5.13 Å². The number of hydrogen-bond donors (Lipinski definition) is 2. The van der Waals surface area contributed by atoms with Gasteiger partial charge < -0.3 is 5.32 Å². The third-order valence-electron chi connectivity index (χ3n) is 4.08. The van der Waals surface area contributed by atoms with Gasteiger partial charge in [-0.05, 0) is 38.0 Å². The summed E-state index contributed by atoms with van der Waals surface area (Å²) >= 11 is 1.30. The number of aromatic nitrogens is 1. The summed E-state index contributed by atoms with van der Waals surface area (Å²) < 4.78 is 28.1. The predicted molar refractivity (Wildman–Crippen MR) is 111 cm³/mol. The first-order valence-electron chi connectivity index (χ1n) is 8.69. The second kappa shape index (κ2) is 8.64. The molecule has 0 aliphatic rings. The largest absolute Gasteiger partial charge is 0.301 e. The molecule has 146 valence electrons. The lowest BCUT2D eigenvalue weighted by molar-refractivity contribution is -0.117. The van der Waals surface area contributed by atoms with Crippen molar-refractivity contribution in [2.75, 3.05) is 5.32 Å². The smallest absolute Gasteiger partial charge is 0.244 e. The highest BCUT2D eigenvalue weighted by molar-refractivity contribution is 7.89. The predicted octanol–water partition coefficient (Wildman–Crippen LogP) is 3.29. The summed E-state index contributed by atoms with van der Waals surface area (Å²) in [5.41, 5.74) is 2.60. The van der Waals surface area contributed by atoms with Gasteiger partial charge in [0.1, 0.15) is 6.04 Å². The maximum atomic E-state index is 12.8. The van der Waals surface area contributed by atoms with Crippen LogP contribution in [0.1, 0.15) is 16.8 Å². The van der Waals surface area contributed by atoms with Gasteiger partial charge in [-0.2, -0.15) is 4.72 Å². The number of benzene rings is 2. The van der Waals surface area contributed by atoms with Crippen LogP contribution in [0.15, 0.2) is 64.9 Å². The fourth-order valence-electron chi connectivity index (χ4n) is 2.61. The van der Waals surface area contributed by atoms with E-state index in [4.69, 9.17) is 0 Å². The Morgan fingerprint density at radius 2 is 1.75 bits per heavy atom. The molecule has 0 aliphatic carbocycles. The van der Waals surface area contributed by atoms with Crippen LogP contribution < -0.4 is 10.0 Å². The second-order valence-electron chi connectivity index (χ2n) is 6.46. The number of thiazole rings is 1. The summed E-state index contributed by atoms with van der Waals surface area (Å²) in [5, 5.41) is 4.97. The van der Waals surface area contributed by atoms with E-state index in [1.807, 2.05) is 49.6 Å². The minimum Gasteiger partial charge on any atom is -0.301 e. The Labute approximate surface area is 168 Å². The fraction of sp³-hybridized carbons (Fsp3) is 0.200. The lowest BCUT2D eigenvalue weighted by Crippen LogP contribution is -2.45. The normalized spacial score (nSPS) is 12.5. The topological polar surface area (TPSA) is 88.2 Å². The van der Waals surface area contributed by atoms with Gasteiger partial charge in [0.2, 0.25) is 15.9 Å². The van der Waals surface area contributed by atoms with Crippen LogP contribution in [-0.2, 0) is 21.2 Å². The number of nitrogens with zero attached hydrogens (tertiary/aromatic N) is 1. The molecular weight excluding hydrogens is 394 g/mol. The molecule has 1 heterocycles. The maximum Gasteiger partial charge on any atom is 0.244 e. The van der Waals surface area contributed by atoms with Crippen LogP contribution in [0.3, 0.4) is 0 Å². The molecule has 3 aromatic rings. The van der Waals surface area contributed by atoms with Gasteiger partial charge in [-0.25, -0.2) is 13.4 Å². The van der Waals surface area contributed by atoms with Gasteiger partial charge in [0.25, 0.3) is 0 Å². The molecule has 2 aromatic carbocycles. The van der Waals surface area contributed by atoms with Crippen molar-refractivity contribution in [1.29, 1.82) is 0 Å². The Morgan fingerprint density at radius 1 is 1.07 bits per heavy atom. The van der Waals surface area contributed by atoms with Crippen molar-refractivity contribution in [2.24, 2.45) is 0 Å². The number of nitrogens with one attached hydrogen (secondary N) is 2. The van der Waals surface area contributed by atoms with Crippen LogP contribution in [0.5, 0.6) is 0 Å². The molecule has 0 spiro atoms. The van der Waals surface area contributed by atoms with E-state index in [1.165, 1.54) is 23.5 Å². The SMILES string of the molecule is Cc1ccc(S(=O)(=O)N[C@H](Cc2ccccc2)C(=O)Nc2nc(C)cs2)cc1. The molecule has 0 radical (unpaired) electrons. The van der Waals surface area contributed by atoms with E-state index in [1.54, 1.807) is 12.1 Å². The van der Waals surface area contributed by atoms with Crippen molar-refractivity contribution in [3.63, 3.8) is 0 Å². The monoisotopic (exact) mass is 415 g/mol. The molecular formula is C20H21N3O3S2. The number of anilines is 1. The van der Waals surface area contributed by atoms with Crippen molar-refractivity contribution in [1.82, 2.24) is 9.71 Å². The standard InChI is InChI=1S/C20H21N3O3S2/c1-14-8-10-17(11-9-14)28(25,26)23-18(12-16-6-4-3-5-7-16)19(24)22-20-21-15(2)13-27-20/h3-11,13,18,23H,12H2,1-2H3,(H,21,22,24)/t18-/m1/s1. The molecule has 0 saturated carbocycles. The Morgan fingerprint density at radius 3 is 2.36 bits per heavy atom. The summed E-state index contributed by atoms with van der Waals surface area (Å²) in [6.45, 7) is 3.71. The number of carbonyl (C=O) groups excluding carboxylic acids is 1. The first-order chi connectivity index (χ1) is 13.3. The Kier molecular flexibility index (Phi) is 6.23. The van der Waals surface area contributed by atoms with E-state index in [2.05, 4.69) is 15.0 Å². The Bertz CT molecular complexity index is 1050. The summed E-state index contributed by atoms with van der Waals surface area (Å²) in [6, 6.07) is 14.8. The van der Waals surface area contributed by atoms with Crippen LogP contribution in [0.4, 0.5) is 5.13 Å². The first kappa shape index (κ1) is 20.2. The molecule has 0 unspecified atom stereocenters. The van der Waals surface area contributed by atoms with E-state index < -0.39 is 22.0 Å². The van der Waals surface area contributed by atoms with Crippen LogP contribution in [0, 0.1) is 13.8 Å². The van der Waals surface area contributed by atoms with Crippen molar-refractivity contribution < 1.29 is 13.2 Å². The summed E-state index contributed by atoms with van der Waals surface area (Å²) in [6.07, 6.45) is 0.224. The summed E-state index contributed by atoms with van der Waals surface area (Å²) in [5.74, 6) is -0.450. The zero-order valence-corrected chi connectivity index (χ0v) is 17.2. The molecule has 8 heteroatoms. The molecule has 6 nitrogen and oxygen atoms in total. The Hall–Kier alpha value is -2.55. The van der Waals surface area contributed by atoms with Crippen molar-refractivity contribution in [3.05, 3.63) is 76.8 Å². The summed E-state index contributed by atoms with van der Waals surface area (Å²) in [7, 11) is -3.86. The van der Waals surface area contributed by atoms with Gasteiger partial charge in [-0.1, -0.05) is 48.0 Å². The molecule has 0 fully saturated rings. The zero-order chi connectivity index (χ0) is 20.1. The molecule has 1 aromatic heterocycles. The quantitative estimate of drug-likeness (QED) is 0.620. The first-order valence-corrected chi connectivity index (χ1v) is 11.1. The van der Waals surface area contributed by atoms with Crippen molar-refractivity contribution in [2.45, 2.75) is 31.2 Å². The highest BCUT2D eigenvalue weighted by atomic mass is 32.2. The number of aryl methyl sites for hydroxylation is 2. The summed E-state index contributed by atoms with van der Waals surface area (Å²) in [4.78, 5) is 17.2. The average molecular weight is 416 g/mol. The van der Waals surface area contributed by atoms with E-state index in [0.717, 1.165) is 16.8 Å². The third kappa shape index (κ3) is 5.25. The number of amides is 1. The third-order valence-corrected chi connectivity index (χ3v) is 6.44. The lowest BCUT2D eigenvalue weighted by atomic mass is 10.1. The number of rotatable bonds is 7. The zero-order valence-electron chi connectivity index (χ0n) is 15.5. The molecule has 1 atom stereocenters. The van der Waals surface area contributed by atoms with E-state index >= 15 is 0 Å². The van der Waals surface area contributed by atoms with E-state index in [9.17, 15) is 13.2 Å². The lowest BCUT2D eigenvalue weighted by Gasteiger charge is -2.18. The molecule has 0 aliphatic heterocycles. The van der Waals surface area contributed by atoms with E-state index in [-0.39, 0.29) is 11.3 Å². The van der Waals surface area contributed by atoms with Gasteiger partial charge in [0, 0.05) is 5.38 Å². The van der Waals surface area contributed by atoms with Crippen molar-refractivity contribution in [3.8, 4) is 0 Å². The van der Waals surface area contributed by atoms with Crippen molar-refractivity contribution >= 4 is 32.4 Å². The van der Waals surface area contributed by atoms with Gasteiger partial charge in [-0.3, -0.25) is 4.79 Å². The number of hydrogen-bond acceptors (Lipinski definition) is 5. The van der Waals surface area contributed by atoms with Gasteiger partial charge in [-0.15, -0.1) is 11.3 Å². The highest BCUT2D eigenvalue weighted by Crippen LogP contribution is 2.17. The molecule has 1 amide bonds. The highest BCUT2D eigenvalue weighted by Gasteiger charge is 2.26. The molecule has 28 heavy (non-hydrogen) atoms. The second-order valence-corrected chi connectivity index (χ2v) is 9.03. The number of sulfonamides is 1. The molecule has 0 saturated heterocycles. The van der Waals surface area contributed by atoms with Crippen LogP contribution >= 0.6 is 11.3 Å². The van der Waals surface area contributed by atoms with Crippen LogP contribution in [0.25, 0.3) is 0 Å². The maximum absolute atomic E-state index is 12.8. The molecule has 2 N–H and O–H groups in total. The number of carbonyl (C=O) groups is 1. The Balaban J connectivity index is 1.84. The molecule has 3 rings (SSSR count). The molecule has 0 bridgehead atoms. The van der Waals surface area contributed by atoms with Gasteiger partial charge >= 0.3 is 0 Å².